The number of carbonyl (C=O) groups excluding carboxylic acids is 1. The van der Waals surface area contributed by atoms with Crippen LogP contribution in [0.1, 0.15) is 18.1 Å². The largest absolute Gasteiger partial charge is 0.383 e. The Morgan fingerprint density at radius 3 is 2.63 bits per heavy atom. The summed E-state index contributed by atoms with van der Waals surface area (Å²) < 4.78 is 4.83. The van der Waals surface area contributed by atoms with Gasteiger partial charge >= 0.3 is 0 Å². The smallest absolute Gasteiger partial charge is 0.262 e. The van der Waals surface area contributed by atoms with Gasteiger partial charge in [-0.15, -0.1) is 0 Å². The molecule has 1 rings (SSSR count). The van der Waals surface area contributed by atoms with Crippen LogP contribution in [-0.4, -0.2) is 26.2 Å². The number of nitriles is 1. The van der Waals surface area contributed by atoms with Gasteiger partial charge in [-0.05, 0) is 23.6 Å². The average molecular weight is 258 g/mol. The van der Waals surface area contributed by atoms with Crippen molar-refractivity contribution in [1.29, 1.82) is 5.26 Å². The van der Waals surface area contributed by atoms with Gasteiger partial charge in [0, 0.05) is 13.7 Å². The lowest BCUT2D eigenvalue weighted by Gasteiger charge is -2.03. The van der Waals surface area contributed by atoms with E-state index in [0.29, 0.717) is 13.2 Å². The number of nitrogens with one attached hydrogen (secondary N) is 1. The standard InChI is InChI=1S/C15H18N2O2/c1-3-12-4-6-13(7-5-12)10-14(11-16)15(18)17-8-9-19-2/h4-7,10H,3,8-9H2,1-2H3,(H,17,18). The fourth-order valence-corrected chi connectivity index (χ4v) is 1.53. The summed E-state index contributed by atoms with van der Waals surface area (Å²) in [5.41, 5.74) is 2.16. The first-order valence-corrected chi connectivity index (χ1v) is 6.19. The summed E-state index contributed by atoms with van der Waals surface area (Å²) in [4.78, 5) is 11.7. The van der Waals surface area contributed by atoms with Crippen molar-refractivity contribution in [2.45, 2.75) is 13.3 Å². The van der Waals surface area contributed by atoms with E-state index in [1.807, 2.05) is 30.3 Å². The van der Waals surface area contributed by atoms with Gasteiger partial charge in [-0.3, -0.25) is 4.79 Å². The molecular formula is C15H18N2O2. The molecule has 0 aromatic heterocycles. The molecule has 0 saturated carbocycles. The van der Waals surface area contributed by atoms with E-state index in [1.165, 1.54) is 5.56 Å². The third-order valence-corrected chi connectivity index (χ3v) is 2.66. The van der Waals surface area contributed by atoms with Gasteiger partial charge in [0.25, 0.3) is 5.91 Å². The monoisotopic (exact) mass is 258 g/mol. The Bertz CT molecular complexity index is 484. The first-order chi connectivity index (χ1) is 9.21. The first kappa shape index (κ1) is 14.9. The summed E-state index contributed by atoms with van der Waals surface area (Å²) in [6, 6.07) is 9.70. The van der Waals surface area contributed by atoms with Crippen molar-refractivity contribution < 1.29 is 9.53 Å². The van der Waals surface area contributed by atoms with Crippen LogP contribution in [-0.2, 0) is 16.0 Å². The molecule has 0 saturated heterocycles. The number of rotatable bonds is 6. The molecule has 0 unspecified atom stereocenters. The highest BCUT2D eigenvalue weighted by molar-refractivity contribution is 6.01. The van der Waals surface area contributed by atoms with Gasteiger partial charge in [0.05, 0.1) is 6.61 Å². The number of aryl methyl sites for hydroxylation is 1. The highest BCUT2D eigenvalue weighted by Gasteiger charge is 2.07. The number of methoxy groups -OCH3 is 1. The maximum absolute atomic E-state index is 11.7. The van der Waals surface area contributed by atoms with Crippen LogP contribution < -0.4 is 5.32 Å². The Hall–Kier alpha value is -2.12. The summed E-state index contributed by atoms with van der Waals surface area (Å²) in [5, 5.41) is 11.6. The normalized spacial score (nSPS) is 10.9. The van der Waals surface area contributed by atoms with Crippen LogP contribution in [0.4, 0.5) is 0 Å². The average Bonchev–Trinajstić information content (AvgIpc) is 2.45. The van der Waals surface area contributed by atoms with E-state index in [2.05, 4.69) is 12.2 Å². The Kier molecular flexibility index (Phi) is 6.34. The molecule has 1 amide bonds. The second-order valence-electron chi connectivity index (χ2n) is 4.01. The third kappa shape index (κ3) is 4.94. The van der Waals surface area contributed by atoms with Crippen molar-refractivity contribution in [3.8, 4) is 6.07 Å². The lowest BCUT2D eigenvalue weighted by atomic mass is 10.1. The number of ether oxygens (including phenoxy) is 1. The van der Waals surface area contributed by atoms with E-state index >= 15 is 0 Å². The fraction of sp³-hybridized carbons (Fsp3) is 0.333. The van der Waals surface area contributed by atoms with Crippen molar-refractivity contribution in [3.63, 3.8) is 0 Å². The van der Waals surface area contributed by atoms with Gasteiger partial charge in [-0.2, -0.15) is 5.26 Å². The van der Waals surface area contributed by atoms with Crippen LogP contribution in [0.2, 0.25) is 0 Å². The van der Waals surface area contributed by atoms with Gasteiger partial charge in [-0.1, -0.05) is 31.2 Å². The molecule has 0 atom stereocenters. The molecular weight excluding hydrogens is 240 g/mol. The molecule has 19 heavy (non-hydrogen) atoms. The molecule has 4 heteroatoms. The summed E-state index contributed by atoms with van der Waals surface area (Å²) in [6.45, 7) is 2.90. The number of benzene rings is 1. The second-order valence-corrected chi connectivity index (χ2v) is 4.01. The molecule has 0 heterocycles. The quantitative estimate of drug-likeness (QED) is 0.481. The number of nitrogens with zero attached hydrogens (tertiary/aromatic N) is 1. The van der Waals surface area contributed by atoms with Crippen molar-refractivity contribution in [2.75, 3.05) is 20.3 Å². The number of hydrogen-bond acceptors (Lipinski definition) is 3. The predicted molar refractivity (Wildman–Crippen MR) is 74.3 cm³/mol. The second kappa shape index (κ2) is 8.06. The van der Waals surface area contributed by atoms with E-state index in [1.54, 1.807) is 13.2 Å². The highest BCUT2D eigenvalue weighted by atomic mass is 16.5. The summed E-state index contributed by atoms with van der Waals surface area (Å²) in [7, 11) is 1.56. The fourth-order valence-electron chi connectivity index (χ4n) is 1.53. The molecule has 0 bridgehead atoms. The Morgan fingerprint density at radius 2 is 2.11 bits per heavy atom. The molecule has 0 aliphatic carbocycles. The van der Waals surface area contributed by atoms with Crippen LogP contribution >= 0.6 is 0 Å². The van der Waals surface area contributed by atoms with Gasteiger partial charge in [-0.25, -0.2) is 0 Å². The molecule has 0 spiro atoms. The zero-order chi connectivity index (χ0) is 14.1. The number of amides is 1. The minimum absolute atomic E-state index is 0.0975. The zero-order valence-electron chi connectivity index (χ0n) is 11.3. The van der Waals surface area contributed by atoms with E-state index in [9.17, 15) is 4.79 Å². The van der Waals surface area contributed by atoms with Gasteiger partial charge < -0.3 is 10.1 Å². The van der Waals surface area contributed by atoms with Gasteiger partial charge in [0.15, 0.2) is 0 Å². The van der Waals surface area contributed by atoms with Crippen molar-refractivity contribution >= 4 is 12.0 Å². The topological polar surface area (TPSA) is 62.1 Å². The van der Waals surface area contributed by atoms with E-state index < -0.39 is 0 Å². The molecule has 4 nitrogen and oxygen atoms in total. The molecule has 1 aromatic carbocycles. The molecule has 1 aromatic rings. The molecule has 0 aliphatic heterocycles. The van der Waals surface area contributed by atoms with E-state index in [0.717, 1.165) is 12.0 Å². The van der Waals surface area contributed by atoms with Crippen molar-refractivity contribution in [1.82, 2.24) is 5.32 Å². The molecule has 0 fully saturated rings. The van der Waals surface area contributed by atoms with Crippen LogP contribution in [0.5, 0.6) is 0 Å². The maximum atomic E-state index is 11.7. The lowest BCUT2D eigenvalue weighted by Crippen LogP contribution is -2.27. The summed E-state index contributed by atoms with van der Waals surface area (Å²) in [5.74, 6) is -0.376. The molecule has 0 radical (unpaired) electrons. The SMILES string of the molecule is CCc1ccc(C=C(C#N)C(=O)NCCOC)cc1. The van der Waals surface area contributed by atoms with Crippen molar-refractivity contribution in [2.24, 2.45) is 0 Å². The van der Waals surface area contributed by atoms with Gasteiger partial charge in [0.2, 0.25) is 0 Å². The van der Waals surface area contributed by atoms with E-state index in [4.69, 9.17) is 10.00 Å². The first-order valence-electron chi connectivity index (χ1n) is 6.19. The Labute approximate surface area is 113 Å². The molecule has 0 aliphatic rings. The minimum atomic E-state index is -0.376. The number of carbonyl (C=O) groups is 1. The van der Waals surface area contributed by atoms with Crippen LogP contribution in [0, 0.1) is 11.3 Å². The number of hydrogen-bond donors (Lipinski definition) is 1. The van der Waals surface area contributed by atoms with Crippen LogP contribution in [0.3, 0.4) is 0 Å². The van der Waals surface area contributed by atoms with Gasteiger partial charge in [0.1, 0.15) is 11.6 Å². The Morgan fingerprint density at radius 1 is 1.42 bits per heavy atom. The summed E-state index contributed by atoms with van der Waals surface area (Å²) in [6.07, 6.45) is 2.55. The van der Waals surface area contributed by atoms with Crippen molar-refractivity contribution in [3.05, 3.63) is 41.0 Å². The van der Waals surface area contributed by atoms with Crippen LogP contribution in [0.15, 0.2) is 29.8 Å². The molecule has 1 N–H and O–H groups in total. The van der Waals surface area contributed by atoms with Crippen LogP contribution in [0.25, 0.3) is 6.08 Å². The molecule has 100 valence electrons. The Balaban J connectivity index is 2.75. The van der Waals surface area contributed by atoms with E-state index in [-0.39, 0.29) is 11.5 Å². The zero-order valence-corrected chi connectivity index (χ0v) is 11.3. The minimum Gasteiger partial charge on any atom is -0.383 e. The maximum Gasteiger partial charge on any atom is 0.262 e. The lowest BCUT2D eigenvalue weighted by molar-refractivity contribution is -0.117. The third-order valence-electron chi connectivity index (χ3n) is 2.66. The highest BCUT2D eigenvalue weighted by Crippen LogP contribution is 2.09. The predicted octanol–water partition coefficient (Wildman–Crippen LogP) is 1.92. The summed E-state index contributed by atoms with van der Waals surface area (Å²) >= 11 is 0.